The topological polar surface area (TPSA) is 144 Å². The lowest BCUT2D eigenvalue weighted by Crippen LogP contribution is -2.50. The Bertz CT molecular complexity index is 1850. The number of carbonyl (C=O) groups is 2. The first kappa shape index (κ1) is 30.7. The van der Waals surface area contributed by atoms with Crippen molar-refractivity contribution >= 4 is 28.8 Å². The quantitative estimate of drug-likeness (QED) is 0.256. The number of tetrazole rings is 1. The molecular formula is C31H31F2N9O4. The van der Waals surface area contributed by atoms with Gasteiger partial charge in [-0.25, -0.2) is 9.78 Å². The fourth-order valence-corrected chi connectivity index (χ4v) is 5.16. The zero-order chi connectivity index (χ0) is 32.4. The SMILES string of the molecule is CC(C)(C)OC(=O)Nc1ccc2oc(-c3ccnc(C(=O)N4CCN(C(c5ccccc5)c5nnn(C(F)F)n5)CC4)c3)nc2c1. The number of amides is 2. The summed E-state index contributed by atoms with van der Waals surface area (Å²) in [6, 6.07) is 17.2. The molecule has 46 heavy (non-hydrogen) atoms. The normalized spacial score (nSPS) is 14.9. The first-order valence-corrected chi connectivity index (χ1v) is 14.6. The molecule has 1 fully saturated rings. The molecule has 4 heterocycles. The Morgan fingerprint density at radius 1 is 1.00 bits per heavy atom. The number of nitrogens with one attached hydrogen (secondary N) is 1. The van der Waals surface area contributed by atoms with Crippen molar-refractivity contribution in [2.45, 2.75) is 39.0 Å². The number of fused-ring (bicyclic) bond motifs is 1. The molecule has 1 unspecified atom stereocenters. The van der Waals surface area contributed by atoms with E-state index in [1.165, 1.54) is 6.20 Å². The lowest BCUT2D eigenvalue weighted by molar-refractivity contribution is 0.0385. The van der Waals surface area contributed by atoms with E-state index in [9.17, 15) is 18.4 Å². The Kier molecular flexibility index (Phi) is 8.41. The number of benzene rings is 2. The molecule has 1 aliphatic heterocycles. The summed E-state index contributed by atoms with van der Waals surface area (Å²) in [5.41, 5.74) is 2.49. The zero-order valence-corrected chi connectivity index (χ0v) is 25.3. The molecule has 1 aliphatic rings. The Hall–Kier alpha value is -5.31. The molecule has 0 aliphatic carbocycles. The molecule has 0 saturated carbocycles. The van der Waals surface area contributed by atoms with Crippen LogP contribution in [0.5, 0.6) is 0 Å². The van der Waals surface area contributed by atoms with Crippen LogP contribution in [0.4, 0.5) is 19.3 Å². The number of hydrogen-bond acceptors (Lipinski definition) is 10. The third kappa shape index (κ3) is 6.83. The molecule has 5 aromatic rings. The summed E-state index contributed by atoms with van der Waals surface area (Å²) >= 11 is 0. The summed E-state index contributed by atoms with van der Waals surface area (Å²) in [4.78, 5) is 38.6. The molecule has 238 valence electrons. The number of nitrogens with zero attached hydrogens (tertiary/aromatic N) is 8. The van der Waals surface area contributed by atoms with E-state index in [1.54, 1.807) is 56.0 Å². The van der Waals surface area contributed by atoms with Gasteiger partial charge in [0, 0.05) is 43.6 Å². The maximum absolute atomic E-state index is 13.5. The van der Waals surface area contributed by atoms with Gasteiger partial charge in [-0.15, -0.1) is 10.2 Å². The van der Waals surface area contributed by atoms with Crippen molar-refractivity contribution in [3.63, 3.8) is 0 Å². The van der Waals surface area contributed by atoms with Crippen LogP contribution in [0.2, 0.25) is 0 Å². The van der Waals surface area contributed by atoms with Crippen LogP contribution in [0.1, 0.15) is 55.2 Å². The van der Waals surface area contributed by atoms with Crippen molar-refractivity contribution in [3.05, 3.63) is 83.9 Å². The number of rotatable bonds is 7. The second kappa shape index (κ2) is 12.6. The summed E-state index contributed by atoms with van der Waals surface area (Å²) in [5.74, 6) is 0.187. The molecule has 13 nitrogen and oxygen atoms in total. The van der Waals surface area contributed by atoms with E-state index in [0.717, 1.165) is 5.56 Å². The standard InChI is InChI=1S/C31H31F2N9O4/c1-31(2,3)46-30(44)35-21-9-10-24-22(18-21)36-27(45-24)20-11-12-34-23(17-20)28(43)41-15-13-40(14-16-41)25(19-7-5-4-6-8-19)26-37-39-42(38-26)29(32)33/h4-12,17-18,25,29H,13-16H2,1-3H3,(H,35,44). The van der Waals surface area contributed by atoms with E-state index in [2.05, 4.69) is 30.7 Å². The zero-order valence-electron chi connectivity index (χ0n) is 25.3. The number of oxazole rings is 1. The molecular weight excluding hydrogens is 600 g/mol. The molecule has 2 amide bonds. The van der Waals surface area contributed by atoms with Crippen molar-refractivity contribution in [3.8, 4) is 11.5 Å². The van der Waals surface area contributed by atoms with Gasteiger partial charge >= 0.3 is 12.6 Å². The third-order valence-corrected chi connectivity index (χ3v) is 7.20. The lowest BCUT2D eigenvalue weighted by atomic mass is 10.0. The highest BCUT2D eigenvalue weighted by Gasteiger charge is 2.32. The number of halogens is 2. The number of carbonyl (C=O) groups excluding carboxylic acids is 2. The molecule has 1 N–H and O–H groups in total. The Morgan fingerprint density at radius 3 is 2.46 bits per heavy atom. The largest absolute Gasteiger partial charge is 0.444 e. The minimum Gasteiger partial charge on any atom is -0.444 e. The third-order valence-electron chi connectivity index (χ3n) is 7.20. The molecule has 2 aromatic carbocycles. The lowest BCUT2D eigenvalue weighted by Gasteiger charge is -2.38. The van der Waals surface area contributed by atoms with Crippen molar-refractivity contribution in [2.75, 3.05) is 31.5 Å². The summed E-state index contributed by atoms with van der Waals surface area (Å²) in [6.45, 7) is 4.06. The molecule has 1 atom stereocenters. The van der Waals surface area contributed by atoms with Crippen molar-refractivity contribution in [1.29, 1.82) is 0 Å². The number of piperazine rings is 1. The number of pyridine rings is 1. The second-order valence-corrected chi connectivity index (χ2v) is 11.6. The second-order valence-electron chi connectivity index (χ2n) is 11.6. The van der Waals surface area contributed by atoms with Gasteiger partial charge in [0.25, 0.3) is 5.91 Å². The maximum atomic E-state index is 13.5. The first-order chi connectivity index (χ1) is 22.0. The van der Waals surface area contributed by atoms with Gasteiger partial charge in [-0.2, -0.15) is 8.78 Å². The fraction of sp³-hybridized carbons (Fsp3) is 0.323. The van der Waals surface area contributed by atoms with Crippen LogP contribution in [-0.4, -0.2) is 83.8 Å². The highest BCUT2D eigenvalue weighted by molar-refractivity contribution is 5.93. The van der Waals surface area contributed by atoms with Crippen molar-refractivity contribution in [2.24, 2.45) is 0 Å². The van der Waals surface area contributed by atoms with Gasteiger partial charge < -0.3 is 14.1 Å². The molecule has 0 radical (unpaired) electrons. The number of hydrogen-bond donors (Lipinski definition) is 1. The summed E-state index contributed by atoms with van der Waals surface area (Å²) in [7, 11) is 0. The average molecular weight is 632 g/mol. The van der Waals surface area contributed by atoms with E-state index >= 15 is 0 Å². The highest BCUT2D eigenvalue weighted by atomic mass is 19.3. The smallest absolute Gasteiger partial charge is 0.412 e. The Balaban J connectivity index is 1.15. The number of anilines is 1. The van der Waals surface area contributed by atoms with Crippen LogP contribution in [-0.2, 0) is 4.74 Å². The molecule has 0 bridgehead atoms. The van der Waals surface area contributed by atoms with Gasteiger partial charge in [0.2, 0.25) is 5.89 Å². The first-order valence-electron chi connectivity index (χ1n) is 14.6. The van der Waals surface area contributed by atoms with Crippen LogP contribution in [0.25, 0.3) is 22.6 Å². The van der Waals surface area contributed by atoms with Crippen LogP contribution in [0.3, 0.4) is 0 Å². The van der Waals surface area contributed by atoms with Gasteiger partial charge in [0.05, 0.1) is 6.04 Å². The maximum Gasteiger partial charge on any atom is 0.412 e. The van der Waals surface area contributed by atoms with Crippen LogP contribution in [0, 0.1) is 0 Å². The molecule has 15 heteroatoms. The van der Waals surface area contributed by atoms with E-state index in [0.29, 0.717) is 59.2 Å². The van der Waals surface area contributed by atoms with Gasteiger partial charge in [0.1, 0.15) is 16.8 Å². The van der Waals surface area contributed by atoms with Gasteiger partial charge in [0.15, 0.2) is 11.4 Å². The van der Waals surface area contributed by atoms with Gasteiger partial charge in [-0.1, -0.05) is 35.1 Å². The van der Waals surface area contributed by atoms with Crippen LogP contribution >= 0.6 is 0 Å². The van der Waals surface area contributed by atoms with Crippen molar-refractivity contribution in [1.82, 2.24) is 40.0 Å². The number of aromatic nitrogens is 6. The molecule has 0 spiro atoms. The molecule has 6 rings (SSSR count). The minimum absolute atomic E-state index is 0.159. The van der Waals surface area contributed by atoms with E-state index in [1.807, 2.05) is 35.2 Å². The fourth-order valence-electron chi connectivity index (χ4n) is 5.16. The average Bonchev–Trinajstić information content (AvgIpc) is 3.69. The van der Waals surface area contributed by atoms with E-state index < -0.39 is 24.3 Å². The minimum atomic E-state index is -2.90. The van der Waals surface area contributed by atoms with E-state index in [-0.39, 0.29) is 17.4 Å². The Morgan fingerprint density at radius 2 is 1.76 bits per heavy atom. The van der Waals surface area contributed by atoms with E-state index in [4.69, 9.17) is 9.15 Å². The predicted octanol–water partition coefficient (Wildman–Crippen LogP) is 5.17. The molecule has 3 aromatic heterocycles. The Labute approximate surface area is 262 Å². The van der Waals surface area contributed by atoms with Gasteiger partial charge in [-0.05, 0) is 61.9 Å². The van der Waals surface area contributed by atoms with Gasteiger partial charge in [-0.3, -0.25) is 20.0 Å². The monoisotopic (exact) mass is 631 g/mol. The van der Waals surface area contributed by atoms with Crippen LogP contribution in [0.15, 0.2) is 71.3 Å². The van der Waals surface area contributed by atoms with Crippen LogP contribution < -0.4 is 5.32 Å². The van der Waals surface area contributed by atoms with Crippen molar-refractivity contribution < 1.29 is 27.5 Å². The molecule has 1 saturated heterocycles. The summed E-state index contributed by atoms with van der Waals surface area (Å²) in [5, 5.41) is 14.0. The number of ether oxygens (including phenoxy) is 1. The summed E-state index contributed by atoms with van der Waals surface area (Å²) in [6.07, 6.45) is 0.938. The highest BCUT2D eigenvalue weighted by Crippen LogP contribution is 2.29. The summed E-state index contributed by atoms with van der Waals surface area (Å²) < 4.78 is 37.6. The number of alkyl halides is 2. The predicted molar refractivity (Wildman–Crippen MR) is 162 cm³/mol.